The van der Waals surface area contributed by atoms with Crippen LogP contribution in [0.2, 0.25) is 0 Å². The molecule has 0 spiro atoms. The first-order chi connectivity index (χ1) is 7.00. The zero-order valence-electron chi connectivity index (χ0n) is 8.13. The van der Waals surface area contributed by atoms with Crippen molar-refractivity contribution >= 4 is 28.2 Å². The van der Waals surface area contributed by atoms with E-state index < -0.39 is 6.43 Å². The van der Waals surface area contributed by atoms with Gasteiger partial charge in [0.25, 0.3) is 6.43 Å². The standard InChI is InChI=1S/C9H8F2IN3/c1-4-3-6(8(10)11)15-9(13-4)7(12)5(2)14-15/h3,8H,1-2H3. The van der Waals surface area contributed by atoms with Crippen LogP contribution in [0, 0.1) is 17.4 Å². The highest BCUT2D eigenvalue weighted by atomic mass is 127. The molecular weight excluding hydrogens is 315 g/mol. The summed E-state index contributed by atoms with van der Waals surface area (Å²) in [6, 6.07) is 1.36. The third-order valence-corrected chi connectivity index (χ3v) is 3.33. The van der Waals surface area contributed by atoms with E-state index in [1.807, 2.05) is 0 Å². The Hall–Kier alpha value is -0.790. The van der Waals surface area contributed by atoms with E-state index in [0.29, 0.717) is 11.3 Å². The van der Waals surface area contributed by atoms with Crippen LogP contribution in [-0.2, 0) is 0 Å². The highest BCUT2D eigenvalue weighted by Crippen LogP contribution is 2.23. The molecule has 0 N–H and O–H groups in total. The van der Waals surface area contributed by atoms with Crippen molar-refractivity contribution < 1.29 is 8.78 Å². The number of halogens is 3. The van der Waals surface area contributed by atoms with Crippen molar-refractivity contribution in [3.63, 3.8) is 0 Å². The van der Waals surface area contributed by atoms with Crippen LogP contribution >= 0.6 is 22.6 Å². The van der Waals surface area contributed by atoms with E-state index in [0.717, 1.165) is 9.26 Å². The molecule has 0 unspecified atom stereocenters. The van der Waals surface area contributed by atoms with Gasteiger partial charge >= 0.3 is 0 Å². The molecule has 0 amide bonds. The summed E-state index contributed by atoms with van der Waals surface area (Å²) >= 11 is 2.06. The summed E-state index contributed by atoms with van der Waals surface area (Å²) in [5, 5.41) is 4.04. The number of hydrogen-bond acceptors (Lipinski definition) is 2. The van der Waals surface area contributed by atoms with Gasteiger partial charge in [-0.25, -0.2) is 18.3 Å². The van der Waals surface area contributed by atoms with Crippen LogP contribution in [0.3, 0.4) is 0 Å². The first-order valence-electron chi connectivity index (χ1n) is 4.31. The van der Waals surface area contributed by atoms with Gasteiger partial charge in [-0.1, -0.05) is 0 Å². The van der Waals surface area contributed by atoms with Gasteiger partial charge in [-0.05, 0) is 42.5 Å². The molecule has 2 aromatic heterocycles. The lowest BCUT2D eigenvalue weighted by Gasteiger charge is -2.04. The van der Waals surface area contributed by atoms with Crippen LogP contribution < -0.4 is 0 Å². The lowest BCUT2D eigenvalue weighted by atomic mass is 10.3. The third-order valence-electron chi connectivity index (χ3n) is 2.07. The van der Waals surface area contributed by atoms with Crippen LogP contribution in [0.15, 0.2) is 6.07 Å². The van der Waals surface area contributed by atoms with E-state index in [-0.39, 0.29) is 5.69 Å². The van der Waals surface area contributed by atoms with Crippen molar-refractivity contribution in [1.82, 2.24) is 14.6 Å². The first-order valence-corrected chi connectivity index (χ1v) is 5.39. The molecular formula is C9H8F2IN3. The topological polar surface area (TPSA) is 30.2 Å². The number of aromatic nitrogens is 3. The van der Waals surface area contributed by atoms with Gasteiger partial charge in [-0.15, -0.1) is 0 Å². The maximum Gasteiger partial charge on any atom is 0.280 e. The predicted molar refractivity (Wildman–Crippen MR) is 60.1 cm³/mol. The van der Waals surface area contributed by atoms with Gasteiger partial charge in [0, 0.05) is 5.69 Å². The molecule has 0 fully saturated rings. The Morgan fingerprint density at radius 2 is 2.07 bits per heavy atom. The highest BCUT2D eigenvalue weighted by molar-refractivity contribution is 14.1. The van der Waals surface area contributed by atoms with E-state index in [1.165, 1.54) is 10.6 Å². The number of fused-ring (bicyclic) bond motifs is 1. The molecule has 0 atom stereocenters. The summed E-state index contributed by atoms with van der Waals surface area (Å²) in [4.78, 5) is 4.20. The summed E-state index contributed by atoms with van der Waals surface area (Å²) < 4.78 is 27.5. The summed E-state index contributed by atoms with van der Waals surface area (Å²) in [6.07, 6.45) is -2.54. The second-order valence-corrected chi connectivity index (χ2v) is 4.34. The lowest BCUT2D eigenvalue weighted by molar-refractivity contribution is 0.143. The number of hydrogen-bond donors (Lipinski definition) is 0. The molecule has 0 bridgehead atoms. The fourth-order valence-electron chi connectivity index (χ4n) is 1.40. The van der Waals surface area contributed by atoms with Gasteiger partial charge in [0.15, 0.2) is 5.65 Å². The number of aryl methyl sites for hydroxylation is 2. The minimum atomic E-state index is -2.54. The molecule has 0 aliphatic heterocycles. The number of alkyl halides is 2. The Bertz CT molecular complexity index is 522. The number of rotatable bonds is 1. The van der Waals surface area contributed by atoms with E-state index in [2.05, 4.69) is 32.7 Å². The third kappa shape index (κ3) is 1.70. The smallest absolute Gasteiger partial charge is 0.233 e. The van der Waals surface area contributed by atoms with Crippen molar-refractivity contribution in [2.45, 2.75) is 20.3 Å². The Kier molecular flexibility index (Phi) is 2.61. The van der Waals surface area contributed by atoms with Crippen LogP contribution in [-0.4, -0.2) is 14.6 Å². The van der Waals surface area contributed by atoms with E-state index in [1.54, 1.807) is 13.8 Å². The van der Waals surface area contributed by atoms with Gasteiger partial charge in [0.1, 0.15) is 5.69 Å². The van der Waals surface area contributed by atoms with E-state index in [9.17, 15) is 8.78 Å². The molecule has 2 aromatic rings. The minimum Gasteiger partial charge on any atom is -0.233 e. The molecule has 0 saturated carbocycles. The predicted octanol–water partition coefficient (Wildman–Crippen LogP) is 2.89. The molecule has 0 aliphatic rings. The normalized spacial score (nSPS) is 11.6. The largest absolute Gasteiger partial charge is 0.280 e. The zero-order valence-corrected chi connectivity index (χ0v) is 10.3. The highest BCUT2D eigenvalue weighted by Gasteiger charge is 2.17. The fourth-order valence-corrected chi connectivity index (χ4v) is 1.86. The van der Waals surface area contributed by atoms with Crippen LogP contribution in [0.25, 0.3) is 5.65 Å². The van der Waals surface area contributed by atoms with Crippen LogP contribution in [0.4, 0.5) is 8.78 Å². The van der Waals surface area contributed by atoms with E-state index in [4.69, 9.17) is 0 Å². The molecule has 15 heavy (non-hydrogen) atoms. The number of nitrogens with zero attached hydrogens (tertiary/aromatic N) is 3. The monoisotopic (exact) mass is 323 g/mol. The Morgan fingerprint density at radius 3 is 2.67 bits per heavy atom. The molecule has 6 heteroatoms. The molecule has 0 aromatic carbocycles. The van der Waals surface area contributed by atoms with Crippen molar-refractivity contribution in [2.75, 3.05) is 0 Å². The van der Waals surface area contributed by atoms with E-state index >= 15 is 0 Å². The average molecular weight is 323 g/mol. The SMILES string of the molecule is Cc1cc(C(F)F)n2nc(C)c(I)c2n1. The Balaban J connectivity index is 2.86. The zero-order chi connectivity index (χ0) is 11.2. The first kappa shape index (κ1) is 10.7. The van der Waals surface area contributed by atoms with Gasteiger partial charge < -0.3 is 0 Å². The molecule has 3 nitrogen and oxygen atoms in total. The summed E-state index contributed by atoms with van der Waals surface area (Å²) in [5.74, 6) is 0. The summed E-state index contributed by atoms with van der Waals surface area (Å²) in [7, 11) is 0. The van der Waals surface area contributed by atoms with Crippen LogP contribution in [0.5, 0.6) is 0 Å². The van der Waals surface area contributed by atoms with Crippen molar-refractivity contribution in [3.8, 4) is 0 Å². The van der Waals surface area contributed by atoms with Gasteiger partial charge in [0.2, 0.25) is 0 Å². The van der Waals surface area contributed by atoms with Crippen LogP contribution in [0.1, 0.15) is 23.5 Å². The molecule has 80 valence electrons. The minimum absolute atomic E-state index is 0.108. The van der Waals surface area contributed by atoms with Crippen molar-refractivity contribution in [3.05, 3.63) is 26.7 Å². The molecule has 2 heterocycles. The second kappa shape index (κ2) is 3.66. The average Bonchev–Trinajstić information content (AvgIpc) is 2.43. The fraction of sp³-hybridized carbons (Fsp3) is 0.333. The Labute approximate surface area is 98.6 Å². The summed E-state index contributed by atoms with van der Waals surface area (Å²) in [6.45, 7) is 3.48. The lowest BCUT2D eigenvalue weighted by Crippen LogP contribution is -2.02. The quantitative estimate of drug-likeness (QED) is 0.756. The van der Waals surface area contributed by atoms with Crippen molar-refractivity contribution in [1.29, 1.82) is 0 Å². The molecule has 0 aliphatic carbocycles. The maximum atomic E-state index is 12.7. The molecule has 0 radical (unpaired) electrons. The van der Waals surface area contributed by atoms with Crippen molar-refractivity contribution in [2.24, 2.45) is 0 Å². The molecule has 0 saturated heterocycles. The second-order valence-electron chi connectivity index (χ2n) is 3.26. The summed E-state index contributed by atoms with van der Waals surface area (Å²) in [5.41, 5.74) is 1.69. The molecule has 2 rings (SSSR count). The Morgan fingerprint density at radius 1 is 1.40 bits per heavy atom. The maximum absolute atomic E-state index is 12.7. The van der Waals surface area contributed by atoms with Gasteiger partial charge in [-0.2, -0.15) is 5.10 Å². The van der Waals surface area contributed by atoms with Gasteiger partial charge in [-0.3, -0.25) is 0 Å². The van der Waals surface area contributed by atoms with Gasteiger partial charge in [0.05, 0.1) is 9.26 Å².